The number of rotatable bonds is 0. The van der Waals surface area contributed by atoms with Gasteiger partial charge in [-0.2, -0.15) is 0 Å². The first kappa shape index (κ1) is 10.1. The fourth-order valence-electron chi connectivity index (χ4n) is 0.684. The summed E-state index contributed by atoms with van der Waals surface area (Å²) in [6.07, 6.45) is 1.23. The maximum absolute atomic E-state index is 12.9. The van der Waals surface area contributed by atoms with Crippen LogP contribution in [0.5, 0.6) is 0 Å². The van der Waals surface area contributed by atoms with Gasteiger partial charge in [-0.25, -0.2) is 8.79 Å². The smallest absolute Gasteiger partial charge is 0.140 e. The third kappa shape index (κ3) is 1.70. The lowest BCUT2D eigenvalue weighted by molar-refractivity contribution is 0.666. The lowest BCUT2D eigenvalue weighted by Crippen LogP contribution is -2.16. The van der Waals surface area contributed by atoms with Crippen LogP contribution in [0.15, 0.2) is 25.3 Å². The molecule has 1 aliphatic carbocycles. The molecule has 2 nitrogen and oxygen atoms in total. The SMILES string of the molecule is N=C1C(Br)=C(F)C=C(Br)/C1=N/S. The van der Waals surface area contributed by atoms with Crippen LogP contribution < -0.4 is 0 Å². The first-order chi connectivity index (χ1) is 5.57. The monoisotopic (exact) mass is 312 g/mol. The summed E-state index contributed by atoms with van der Waals surface area (Å²) in [6.45, 7) is 0. The highest BCUT2D eigenvalue weighted by Gasteiger charge is 2.21. The number of thiol groups is 1. The Kier molecular flexibility index (Phi) is 3.25. The van der Waals surface area contributed by atoms with Crippen LogP contribution in [0, 0.1) is 5.41 Å². The van der Waals surface area contributed by atoms with E-state index in [0.29, 0.717) is 10.2 Å². The van der Waals surface area contributed by atoms with Gasteiger partial charge >= 0.3 is 0 Å². The molecule has 6 heteroatoms. The van der Waals surface area contributed by atoms with Gasteiger partial charge in [-0.3, -0.25) is 5.41 Å². The molecule has 1 rings (SSSR count). The molecule has 0 aromatic heterocycles. The molecular formula is C6H3Br2FN2S. The van der Waals surface area contributed by atoms with Gasteiger partial charge in [0.15, 0.2) is 0 Å². The summed E-state index contributed by atoms with van der Waals surface area (Å²) in [4.78, 5) is 0. The van der Waals surface area contributed by atoms with Crippen LogP contribution in [0.4, 0.5) is 4.39 Å². The zero-order valence-electron chi connectivity index (χ0n) is 5.61. The average Bonchev–Trinajstić information content (AvgIpc) is 2.01. The van der Waals surface area contributed by atoms with E-state index in [1.165, 1.54) is 6.08 Å². The lowest BCUT2D eigenvalue weighted by Gasteiger charge is -2.10. The molecule has 0 saturated heterocycles. The Morgan fingerprint density at radius 1 is 1.50 bits per heavy atom. The maximum atomic E-state index is 12.9. The molecule has 0 heterocycles. The molecule has 0 unspecified atom stereocenters. The molecule has 1 N–H and O–H groups in total. The second-order valence-corrected chi connectivity index (χ2v) is 3.83. The second-order valence-electron chi connectivity index (χ2n) is 1.98. The van der Waals surface area contributed by atoms with Crippen molar-refractivity contribution >= 4 is 56.1 Å². The van der Waals surface area contributed by atoms with Crippen LogP contribution in [0.1, 0.15) is 0 Å². The molecule has 0 aliphatic heterocycles. The topological polar surface area (TPSA) is 36.2 Å². The van der Waals surface area contributed by atoms with E-state index in [-0.39, 0.29) is 10.2 Å². The van der Waals surface area contributed by atoms with Crippen molar-refractivity contribution in [3.05, 3.63) is 20.9 Å². The first-order valence-corrected chi connectivity index (χ1v) is 4.80. The van der Waals surface area contributed by atoms with Crippen molar-refractivity contribution in [2.24, 2.45) is 4.40 Å². The van der Waals surface area contributed by atoms with Crippen molar-refractivity contribution < 1.29 is 4.39 Å². The molecule has 64 valence electrons. The molecule has 0 radical (unpaired) electrons. The lowest BCUT2D eigenvalue weighted by atomic mass is 10.1. The zero-order chi connectivity index (χ0) is 9.30. The van der Waals surface area contributed by atoms with Crippen molar-refractivity contribution in [2.75, 3.05) is 0 Å². The molecular weight excluding hydrogens is 311 g/mol. The number of hydrogen-bond acceptors (Lipinski definition) is 3. The van der Waals surface area contributed by atoms with Crippen LogP contribution >= 0.6 is 44.7 Å². The molecule has 0 saturated carbocycles. The fourth-order valence-corrected chi connectivity index (χ4v) is 1.82. The Balaban J connectivity index is 3.25. The van der Waals surface area contributed by atoms with E-state index < -0.39 is 5.83 Å². The van der Waals surface area contributed by atoms with Crippen molar-refractivity contribution in [3.63, 3.8) is 0 Å². The molecule has 12 heavy (non-hydrogen) atoms. The van der Waals surface area contributed by atoms with Crippen LogP contribution in [-0.2, 0) is 0 Å². The van der Waals surface area contributed by atoms with Gasteiger partial charge < -0.3 is 0 Å². The summed E-state index contributed by atoms with van der Waals surface area (Å²) in [7, 11) is 0. The molecule has 0 aromatic rings. The van der Waals surface area contributed by atoms with Gasteiger partial charge in [0, 0.05) is 4.48 Å². The van der Waals surface area contributed by atoms with Crippen molar-refractivity contribution in [2.45, 2.75) is 0 Å². The third-order valence-electron chi connectivity index (χ3n) is 1.25. The maximum Gasteiger partial charge on any atom is 0.140 e. The Morgan fingerprint density at radius 3 is 2.58 bits per heavy atom. The summed E-state index contributed by atoms with van der Waals surface area (Å²) in [5.41, 5.74) is 0.295. The highest BCUT2D eigenvalue weighted by molar-refractivity contribution is 9.12. The van der Waals surface area contributed by atoms with Gasteiger partial charge in [-0.15, -0.1) is 0 Å². The Hall–Kier alpha value is 0.0600. The molecule has 0 bridgehead atoms. The van der Waals surface area contributed by atoms with Gasteiger partial charge in [0.05, 0.1) is 10.2 Å². The predicted octanol–water partition coefficient (Wildman–Crippen LogP) is 3.16. The van der Waals surface area contributed by atoms with E-state index in [1.54, 1.807) is 0 Å². The van der Waals surface area contributed by atoms with Crippen LogP contribution in [0.2, 0.25) is 0 Å². The molecule has 0 atom stereocenters. The second kappa shape index (κ2) is 3.85. The first-order valence-electron chi connectivity index (χ1n) is 2.82. The predicted molar refractivity (Wildman–Crippen MR) is 58.2 cm³/mol. The van der Waals surface area contributed by atoms with E-state index in [0.717, 1.165) is 0 Å². The summed E-state index contributed by atoms with van der Waals surface area (Å²) >= 11 is 9.66. The normalized spacial score (nSPS) is 21.8. The average molecular weight is 314 g/mol. The molecule has 0 spiro atoms. The van der Waals surface area contributed by atoms with Gasteiger partial charge in [-0.05, 0) is 50.8 Å². The van der Waals surface area contributed by atoms with E-state index in [4.69, 9.17) is 5.41 Å². The summed E-state index contributed by atoms with van der Waals surface area (Å²) < 4.78 is 16.9. The van der Waals surface area contributed by atoms with Gasteiger partial charge in [-0.1, -0.05) is 0 Å². The van der Waals surface area contributed by atoms with E-state index >= 15 is 0 Å². The third-order valence-corrected chi connectivity index (χ3v) is 2.83. The van der Waals surface area contributed by atoms with E-state index in [9.17, 15) is 4.39 Å². The van der Waals surface area contributed by atoms with Crippen molar-refractivity contribution in [1.29, 1.82) is 5.41 Å². The molecule has 1 aliphatic rings. The highest BCUT2D eigenvalue weighted by atomic mass is 79.9. The molecule has 0 fully saturated rings. The van der Waals surface area contributed by atoms with Crippen LogP contribution in [-0.4, -0.2) is 11.4 Å². The Labute approximate surface area is 91.0 Å². The van der Waals surface area contributed by atoms with Gasteiger partial charge in [0.2, 0.25) is 0 Å². The largest absolute Gasteiger partial charge is 0.297 e. The molecule has 0 amide bonds. The summed E-state index contributed by atoms with van der Waals surface area (Å²) in [5.74, 6) is -0.493. The summed E-state index contributed by atoms with van der Waals surface area (Å²) in [5, 5.41) is 7.42. The summed E-state index contributed by atoms with van der Waals surface area (Å²) in [6, 6.07) is 0. The van der Waals surface area contributed by atoms with Gasteiger partial charge in [0.1, 0.15) is 11.5 Å². The minimum Gasteiger partial charge on any atom is -0.297 e. The number of nitrogens with zero attached hydrogens (tertiary/aromatic N) is 1. The number of hydrogen-bond donors (Lipinski definition) is 2. The standard InChI is InChI=1S/C6H3Br2FN2S/c7-2-1-3(9)4(8)5(10)6(2)11-12/h1,10,12H/b10-5?,11-6-. The van der Waals surface area contributed by atoms with Crippen molar-refractivity contribution in [3.8, 4) is 0 Å². The van der Waals surface area contributed by atoms with E-state index in [1.807, 2.05) is 0 Å². The Morgan fingerprint density at radius 2 is 2.08 bits per heavy atom. The number of halogens is 3. The minimum atomic E-state index is -0.493. The van der Waals surface area contributed by atoms with Gasteiger partial charge in [0.25, 0.3) is 0 Å². The van der Waals surface area contributed by atoms with E-state index in [2.05, 4.69) is 49.1 Å². The zero-order valence-corrected chi connectivity index (χ0v) is 9.67. The quantitative estimate of drug-likeness (QED) is 0.509. The van der Waals surface area contributed by atoms with Crippen LogP contribution in [0.25, 0.3) is 0 Å². The number of nitrogens with one attached hydrogen (secondary N) is 1. The van der Waals surface area contributed by atoms with Crippen molar-refractivity contribution in [1.82, 2.24) is 0 Å². The number of allylic oxidation sites excluding steroid dienone is 4. The fraction of sp³-hybridized carbons (Fsp3) is 0. The Bertz CT molecular complexity index is 324. The highest BCUT2D eigenvalue weighted by Crippen LogP contribution is 2.27. The minimum absolute atomic E-state index is 0.0168. The molecule has 0 aromatic carbocycles. The van der Waals surface area contributed by atoms with Crippen LogP contribution in [0.3, 0.4) is 0 Å².